The summed E-state index contributed by atoms with van der Waals surface area (Å²) in [7, 11) is 0. The third kappa shape index (κ3) is 31.1. The molecule has 0 saturated heterocycles. The van der Waals surface area contributed by atoms with Crippen molar-refractivity contribution in [2.24, 2.45) is 0 Å². The number of carbonyl (C=O) groups is 1. The van der Waals surface area contributed by atoms with E-state index in [2.05, 4.69) is 19.2 Å². The summed E-state index contributed by atoms with van der Waals surface area (Å²) in [6.45, 7) is 4.24. The molecule has 258 valence electrons. The van der Waals surface area contributed by atoms with E-state index in [1.165, 1.54) is 154 Å². The average molecular weight is 612 g/mol. The number of hydrogen-bond donors (Lipinski definition) is 4. The van der Waals surface area contributed by atoms with Crippen molar-refractivity contribution in [1.29, 1.82) is 0 Å². The SMILES string of the molecule is CCCCCCCCCCCCCCCCCCCCCC(O)CC(=O)NC(CO)C(O)CCCCCCCCCCC. The van der Waals surface area contributed by atoms with Crippen LogP contribution >= 0.6 is 0 Å². The molecule has 0 heterocycles. The summed E-state index contributed by atoms with van der Waals surface area (Å²) < 4.78 is 0. The number of carbonyl (C=O) groups excluding carboxylic acids is 1. The van der Waals surface area contributed by atoms with Crippen LogP contribution in [0.4, 0.5) is 0 Å². The van der Waals surface area contributed by atoms with Gasteiger partial charge in [0, 0.05) is 0 Å². The fourth-order valence-electron chi connectivity index (χ4n) is 6.17. The van der Waals surface area contributed by atoms with Gasteiger partial charge in [-0.15, -0.1) is 0 Å². The summed E-state index contributed by atoms with van der Waals surface area (Å²) in [6, 6.07) is -0.649. The van der Waals surface area contributed by atoms with Crippen LogP contribution < -0.4 is 5.32 Å². The van der Waals surface area contributed by atoms with Gasteiger partial charge in [0.2, 0.25) is 5.91 Å². The van der Waals surface area contributed by atoms with Crippen molar-refractivity contribution in [2.45, 2.75) is 231 Å². The van der Waals surface area contributed by atoms with Gasteiger partial charge in [0.15, 0.2) is 0 Å². The lowest BCUT2D eigenvalue weighted by Crippen LogP contribution is -2.46. The number of hydrogen-bond acceptors (Lipinski definition) is 4. The van der Waals surface area contributed by atoms with Crippen LogP contribution in [-0.4, -0.2) is 46.1 Å². The molecule has 1 amide bonds. The van der Waals surface area contributed by atoms with Crippen LogP contribution in [0.5, 0.6) is 0 Å². The molecule has 0 aliphatic heterocycles. The molecule has 43 heavy (non-hydrogen) atoms. The molecular weight excluding hydrogens is 534 g/mol. The van der Waals surface area contributed by atoms with Crippen molar-refractivity contribution in [3.05, 3.63) is 0 Å². The first kappa shape index (κ1) is 42.3. The lowest BCUT2D eigenvalue weighted by Gasteiger charge is -2.23. The van der Waals surface area contributed by atoms with Gasteiger partial charge in [0.25, 0.3) is 0 Å². The molecule has 0 radical (unpaired) electrons. The highest BCUT2D eigenvalue weighted by Gasteiger charge is 2.21. The summed E-state index contributed by atoms with van der Waals surface area (Å²) in [5.41, 5.74) is 0. The summed E-state index contributed by atoms with van der Waals surface area (Å²) in [5, 5.41) is 33.1. The standard InChI is InChI=1S/C38H77NO4/c1-3-5-7-9-11-13-14-15-16-17-18-19-20-21-22-24-25-27-29-31-35(41)33-38(43)39-36(34-40)37(42)32-30-28-26-23-12-10-8-6-4-2/h35-37,40-42H,3-34H2,1-2H3,(H,39,43). The minimum absolute atomic E-state index is 0.0420. The molecule has 0 aromatic carbocycles. The summed E-state index contributed by atoms with van der Waals surface area (Å²) in [5.74, 6) is -0.282. The van der Waals surface area contributed by atoms with Gasteiger partial charge in [0.05, 0.1) is 31.3 Å². The molecule has 0 fully saturated rings. The van der Waals surface area contributed by atoms with E-state index in [-0.39, 0.29) is 18.9 Å². The van der Waals surface area contributed by atoms with Crippen molar-refractivity contribution in [2.75, 3.05) is 6.61 Å². The smallest absolute Gasteiger partial charge is 0.222 e. The Balaban J connectivity index is 3.57. The van der Waals surface area contributed by atoms with Gasteiger partial charge >= 0.3 is 0 Å². The molecule has 3 atom stereocenters. The van der Waals surface area contributed by atoms with Crippen molar-refractivity contribution >= 4 is 5.91 Å². The van der Waals surface area contributed by atoms with E-state index < -0.39 is 18.2 Å². The third-order valence-corrected chi connectivity index (χ3v) is 9.17. The van der Waals surface area contributed by atoms with Crippen LogP contribution in [0.1, 0.15) is 213 Å². The van der Waals surface area contributed by atoms with E-state index in [4.69, 9.17) is 0 Å². The minimum atomic E-state index is -0.740. The van der Waals surface area contributed by atoms with Crippen molar-refractivity contribution < 1.29 is 20.1 Å². The second-order valence-electron chi connectivity index (χ2n) is 13.6. The van der Waals surface area contributed by atoms with E-state index in [1.807, 2.05) is 0 Å². The van der Waals surface area contributed by atoms with Crippen LogP contribution in [0.3, 0.4) is 0 Å². The number of aliphatic hydroxyl groups is 3. The fraction of sp³-hybridized carbons (Fsp3) is 0.974. The Morgan fingerprint density at radius 1 is 0.488 bits per heavy atom. The Morgan fingerprint density at radius 2 is 0.791 bits per heavy atom. The molecule has 0 aliphatic carbocycles. The van der Waals surface area contributed by atoms with Crippen molar-refractivity contribution in [1.82, 2.24) is 5.32 Å². The van der Waals surface area contributed by atoms with Gasteiger partial charge in [-0.1, -0.05) is 194 Å². The van der Waals surface area contributed by atoms with Gasteiger partial charge in [-0.05, 0) is 12.8 Å². The number of amides is 1. The number of unbranched alkanes of at least 4 members (excludes halogenated alkanes) is 26. The quantitative estimate of drug-likeness (QED) is 0.0537. The third-order valence-electron chi connectivity index (χ3n) is 9.17. The lowest BCUT2D eigenvalue weighted by atomic mass is 10.0. The molecule has 0 aromatic rings. The zero-order valence-corrected chi connectivity index (χ0v) is 29.1. The summed E-state index contributed by atoms with van der Waals surface area (Å²) in [4.78, 5) is 12.4. The van der Waals surface area contributed by atoms with E-state index >= 15 is 0 Å². The molecule has 0 rings (SSSR count). The monoisotopic (exact) mass is 612 g/mol. The molecule has 0 aliphatic rings. The van der Waals surface area contributed by atoms with E-state index in [0.717, 1.165) is 25.7 Å². The predicted molar refractivity (Wildman–Crippen MR) is 186 cm³/mol. The number of rotatable bonds is 35. The maximum Gasteiger partial charge on any atom is 0.222 e. The second-order valence-corrected chi connectivity index (χ2v) is 13.6. The Bertz CT molecular complexity index is 558. The molecule has 4 N–H and O–H groups in total. The van der Waals surface area contributed by atoms with Crippen molar-refractivity contribution in [3.63, 3.8) is 0 Å². The molecule has 3 unspecified atom stereocenters. The molecule has 0 spiro atoms. The molecule has 0 saturated carbocycles. The first-order chi connectivity index (χ1) is 21.0. The van der Waals surface area contributed by atoms with Crippen LogP contribution in [-0.2, 0) is 4.79 Å². The Hall–Kier alpha value is -0.650. The van der Waals surface area contributed by atoms with Gasteiger partial charge < -0.3 is 20.6 Å². The van der Waals surface area contributed by atoms with Gasteiger partial charge in [0.1, 0.15) is 0 Å². The van der Waals surface area contributed by atoms with Crippen LogP contribution in [0.2, 0.25) is 0 Å². The zero-order chi connectivity index (χ0) is 31.6. The van der Waals surface area contributed by atoms with Crippen LogP contribution in [0, 0.1) is 0 Å². The van der Waals surface area contributed by atoms with Gasteiger partial charge in [-0.3, -0.25) is 4.79 Å². The van der Waals surface area contributed by atoms with E-state index in [0.29, 0.717) is 12.8 Å². The average Bonchev–Trinajstić information content (AvgIpc) is 3.00. The molecule has 0 bridgehead atoms. The Morgan fingerprint density at radius 3 is 1.12 bits per heavy atom. The largest absolute Gasteiger partial charge is 0.394 e. The maximum atomic E-state index is 12.4. The first-order valence-corrected chi connectivity index (χ1v) is 19.3. The Kier molecular flexibility index (Phi) is 33.7. The highest BCUT2D eigenvalue weighted by molar-refractivity contribution is 5.76. The fourth-order valence-corrected chi connectivity index (χ4v) is 6.17. The van der Waals surface area contributed by atoms with Crippen molar-refractivity contribution in [3.8, 4) is 0 Å². The molecule has 5 heteroatoms. The van der Waals surface area contributed by atoms with E-state index in [9.17, 15) is 20.1 Å². The van der Waals surface area contributed by atoms with Gasteiger partial charge in [-0.25, -0.2) is 0 Å². The van der Waals surface area contributed by atoms with Crippen LogP contribution in [0.25, 0.3) is 0 Å². The highest BCUT2D eigenvalue weighted by Crippen LogP contribution is 2.16. The second kappa shape index (κ2) is 34.2. The van der Waals surface area contributed by atoms with E-state index in [1.54, 1.807) is 0 Å². The highest BCUT2D eigenvalue weighted by atomic mass is 16.3. The predicted octanol–water partition coefficient (Wildman–Crippen LogP) is 10.3. The summed E-state index contributed by atoms with van der Waals surface area (Å²) in [6.07, 6.45) is 36.4. The number of nitrogens with one attached hydrogen (secondary N) is 1. The van der Waals surface area contributed by atoms with Crippen LogP contribution in [0.15, 0.2) is 0 Å². The first-order valence-electron chi connectivity index (χ1n) is 19.3. The van der Waals surface area contributed by atoms with Gasteiger partial charge in [-0.2, -0.15) is 0 Å². The molecule has 5 nitrogen and oxygen atoms in total. The maximum absolute atomic E-state index is 12.4. The lowest BCUT2D eigenvalue weighted by molar-refractivity contribution is -0.125. The normalized spacial score (nSPS) is 13.7. The molecular formula is C38H77NO4. The minimum Gasteiger partial charge on any atom is -0.394 e. The number of aliphatic hydroxyl groups excluding tert-OH is 3. The topological polar surface area (TPSA) is 89.8 Å². The molecule has 0 aromatic heterocycles. The Labute approximate surface area is 268 Å². The summed E-state index contributed by atoms with van der Waals surface area (Å²) >= 11 is 0. The zero-order valence-electron chi connectivity index (χ0n) is 29.1.